The fourth-order valence-corrected chi connectivity index (χ4v) is 9.27. The number of aromatic nitrogens is 8. The number of hydrogen-bond donors (Lipinski definition) is 4. The Hall–Kier alpha value is -6.85. The lowest BCUT2D eigenvalue weighted by Crippen LogP contribution is -2.17. The smallest absolute Gasteiger partial charge is 0.173 e. The monoisotopic (exact) mass is 896 g/mol. The molecule has 0 saturated heterocycles. The number of ether oxygens (including phenoxy) is 4. The lowest BCUT2D eigenvalue weighted by molar-refractivity contribution is -0.121. The van der Waals surface area contributed by atoms with Gasteiger partial charge in [0.05, 0.1) is 50.9 Å². The number of carbonyl (C=O) groups excluding carboxylic acids is 1. The van der Waals surface area contributed by atoms with Crippen molar-refractivity contribution in [3.8, 4) is 23.0 Å². The van der Waals surface area contributed by atoms with Crippen LogP contribution in [0.4, 0.5) is 0 Å². The highest BCUT2D eigenvalue weighted by atomic mass is 32.2. The molecule has 0 aliphatic heterocycles. The van der Waals surface area contributed by atoms with Gasteiger partial charge < -0.3 is 38.0 Å². The normalized spacial score (nSPS) is 12.3. The van der Waals surface area contributed by atoms with Crippen LogP contribution in [-0.4, -0.2) is 73.3 Å². The van der Waals surface area contributed by atoms with Gasteiger partial charge in [0, 0.05) is 24.9 Å². The fourth-order valence-electron chi connectivity index (χ4n) is 7.43. The Morgan fingerprint density at radius 1 is 0.609 bits per heavy atom. The fraction of sp³-hybridized carbons (Fsp3) is 0.255. The second kappa shape index (κ2) is 19.3. The van der Waals surface area contributed by atoms with Gasteiger partial charge in [-0.1, -0.05) is 62.4 Å². The molecule has 0 bridgehead atoms. The van der Waals surface area contributed by atoms with E-state index in [-0.39, 0.29) is 28.6 Å². The van der Waals surface area contributed by atoms with E-state index < -0.39 is 0 Å². The van der Waals surface area contributed by atoms with E-state index in [9.17, 15) is 4.79 Å². The number of aromatic amines is 2. The van der Waals surface area contributed by atoms with Gasteiger partial charge in [-0.2, -0.15) is 0 Å². The maximum absolute atomic E-state index is 13.8. The number of Topliss-reactive ketones (excluding diaryl/α,β-unsaturated/α-hetero) is 1. The van der Waals surface area contributed by atoms with Gasteiger partial charge in [-0.15, -0.1) is 0 Å². The predicted octanol–water partition coefficient (Wildman–Crippen LogP) is 8.09. The van der Waals surface area contributed by atoms with Crippen LogP contribution in [0.5, 0.6) is 23.0 Å². The van der Waals surface area contributed by atoms with Crippen LogP contribution < -0.4 is 29.9 Å². The molecule has 2 unspecified atom stereocenters. The molecule has 328 valence electrons. The van der Waals surface area contributed by atoms with Crippen LogP contribution in [0.3, 0.4) is 0 Å². The van der Waals surface area contributed by atoms with Crippen LogP contribution in [0, 0.1) is 10.8 Å². The third kappa shape index (κ3) is 9.40. The molecule has 8 rings (SSSR count). The van der Waals surface area contributed by atoms with Gasteiger partial charge in [-0.25, -0.2) is 19.9 Å². The highest BCUT2D eigenvalue weighted by Crippen LogP contribution is 2.38. The zero-order chi connectivity index (χ0) is 44.9. The van der Waals surface area contributed by atoms with Crippen LogP contribution >= 0.6 is 23.5 Å². The Bertz CT molecular complexity index is 2870. The number of hydrogen-bond acceptors (Lipinski definition) is 13. The summed E-state index contributed by atoms with van der Waals surface area (Å²) in [6.45, 7) is 5.14. The Balaban J connectivity index is 0.876. The summed E-state index contributed by atoms with van der Waals surface area (Å²) in [5, 5.41) is 18.0. The van der Waals surface area contributed by atoms with Crippen LogP contribution in [0.25, 0.3) is 22.3 Å². The quantitative estimate of drug-likeness (QED) is 0.0650. The molecule has 0 aliphatic carbocycles. The third-order valence-corrected chi connectivity index (χ3v) is 13.1. The van der Waals surface area contributed by atoms with Gasteiger partial charge in [0.2, 0.25) is 0 Å². The number of methoxy groups -OCH3 is 4. The zero-order valence-corrected chi connectivity index (χ0v) is 37.9. The average molecular weight is 897 g/mol. The minimum Gasteiger partial charge on any atom is -0.497 e. The molecule has 2 atom stereocenters. The summed E-state index contributed by atoms with van der Waals surface area (Å²) in [5.74, 6) is 2.37. The first-order valence-electron chi connectivity index (χ1n) is 20.6. The summed E-state index contributed by atoms with van der Waals surface area (Å²) >= 11 is 2.80. The number of fused-ring (bicyclic) bond motifs is 2. The molecular weight excluding hydrogens is 849 g/mol. The van der Waals surface area contributed by atoms with E-state index in [0.29, 0.717) is 81.6 Å². The van der Waals surface area contributed by atoms with Crippen molar-refractivity contribution in [3.63, 3.8) is 0 Å². The van der Waals surface area contributed by atoms with Gasteiger partial charge in [-0.3, -0.25) is 15.6 Å². The summed E-state index contributed by atoms with van der Waals surface area (Å²) in [7, 11) is 6.48. The molecule has 0 saturated carbocycles. The Labute approximate surface area is 377 Å². The molecule has 4 aromatic heterocycles. The predicted molar refractivity (Wildman–Crippen MR) is 245 cm³/mol. The first kappa shape index (κ1) is 43.8. The minimum atomic E-state index is -0.289. The summed E-state index contributed by atoms with van der Waals surface area (Å²) in [6.07, 6.45) is 4.72. The van der Waals surface area contributed by atoms with Gasteiger partial charge in [-0.05, 0) is 95.0 Å². The highest BCUT2D eigenvalue weighted by molar-refractivity contribution is 7.99. The van der Waals surface area contributed by atoms with E-state index in [0.717, 1.165) is 32.0 Å². The lowest BCUT2D eigenvalue weighted by atomic mass is 9.85. The van der Waals surface area contributed by atoms with Crippen molar-refractivity contribution in [2.24, 2.45) is 0 Å². The van der Waals surface area contributed by atoms with Crippen molar-refractivity contribution < 1.29 is 23.7 Å². The summed E-state index contributed by atoms with van der Waals surface area (Å²) in [4.78, 5) is 40.3. The summed E-state index contributed by atoms with van der Waals surface area (Å²) < 4.78 is 25.8. The molecule has 0 aliphatic rings. The van der Waals surface area contributed by atoms with E-state index in [1.165, 1.54) is 23.5 Å². The second-order valence-electron chi connectivity index (χ2n) is 15.1. The number of carbonyl (C=O) groups is 1. The number of benzene rings is 4. The lowest BCUT2D eigenvalue weighted by Gasteiger charge is -2.18. The number of nitrogens with zero attached hydrogens (tertiary/aromatic N) is 6. The first-order valence-corrected chi connectivity index (χ1v) is 22.2. The van der Waals surface area contributed by atoms with E-state index in [2.05, 4.69) is 44.2 Å². The van der Waals surface area contributed by atoms with Crippen LogP contribution in [-0.2, 0) is 30.7 Å². The third-order valence-electron chi connectivity index (χ3n) is 11.2. The van der Waals surface area contributed by atoms with Crippen molar-refractivity contribution in [2.75, 3.05) is 28.4 Å². The number of rotatable bonds is 18. The molecule has 4 heterocycles. The Kier molecular flexibility index (Phi) is 13.2. The molecule has 17 heteroatoms. The van der Waals surface area contributed by atoms with E-state index in [1.54, 1.807) is 41.1 Å². The Morgan fingerprint density at radius 2 is 1.02 bits per heavy atom. The van der Waals surface area contributed by atoms with Gasteiger partial charge in [0.1, 0.15) is 39.8 Å². The number of H-pyrrole nitrogens is 2. The van der Waals surface area contributed by atoms with Crippen molar-refractivity contribution in [1.29, 1.82) is 10.8 Å². The van der Waals surface area contributed by atoms with Crippen molar-refractivity contribution >= 4 is 51.6 Å². The van der Waals surface area contributed by atoms with Crippen molar-refractivity contribution in [1.82, 2.24) is 39.0 Å². The second-order valence-corrected chi connectivity index (χ2v) is 17.2. The van der Waals surface area contributed by atoms with Gasteiger partial charge >= 0.3 is 0 Å². The van der Waals surface area contributed by atoms with Crippen molar-refractivity contribution in [3.05, 3.63) is 131 Å². The van der Waals surface area contributed by atoms with E-state index in [1.807, 2.05) is 83.6 Å². The summed E-state index contributed by atoms with van der Waals surface area (Å²) in [5.41, 5.74) is 6.79. The van der Waals surface area contributed by atoms with Crippen molar-refractivity contribution in [2.45, 2.75) is 71.7 Å². The molecule has 4 N–H and O–H groups in total. The Morgan fingerprint density at radius 3 is 1.39 bits per heavy atom. The van der Waals surface area contributed by atoms with Gasteiger partial charge in [0.15, 0.2) is 32.6 Å². The molecule has 0 amide bonds. The molecule has 4 aromatic carbocycles. The molecule has 0 fully saturated rings. The molecule has 0 spiro atoms. The minimum absolute atomic E-state index is 0.120. The number of nitrogens with one attached hydrogen (secondary N) is 4. The maximum Gasteiger partial charge on any atom is 0.173 e. The maximum atomic E-state index is 13.8. The zero-order valence-electron chi connectivity index (χ0n) is 36.3. The SMILES string of the molecule is COc1ccc(OC)c(Sc2nc3c([nH]2)c(=N)ncn3CCc2ccc(C(C)C(=O)C(C)c3ccc(CCn4cnc(=N)c5[nH]c(Sc6cc(OC)ccc6OC)nc54)cc3)cc2)c1. The largest absolute Gasteiger partial charge is 0.497 e. The first-order chi connectivity index (χ1) is 31.0. The van der Waals surface area contributed by atoms with Crippen LogP contribution in [0.1, 0.15) is 47.9 Å². The number of aryl methyl sites for hydroxylation is 4. The average Bonchev–Trinajstić information content (AvgIpc) is 3.96. The molecule has 64 heavy (non-hydrogen) atoms. The molecule has 0 radical (unpaired) electrons. The molecule has 15 nitrogen and oxygen atoms in total. The van der Waals surface area contributed by atoms with Crippen LogP contribution in [0.2, 0.25) is 0 Å². The van der Waals surface area contributed by atoms with Gasteiger partial charge in [0.25, 0.3) is 0 Å². The van der Waals surface area contributed by atoms with E-state index >= 15 is 0 Å². The highest BCUT2D eigenvalue weighted by Gasteiger charge is 2.23. The number of ketones is 1. The topological polar surface area (TPSA) is 195 Å². The molecule has 8 aromatic rings. The number of imidazole rings is 2. The summed E-state index contributed by atoms with van der Waals surface area (Å²) in [6, 6.07) is 27.6. The van der Waals surface area contributed by atoms with Crippen LogP contribution in [0.15, 0.2) is 118 Å². The van der Waals surface area contributed by atoms with E-state index in [4.69, 9.17) is 39.7 Å². The standard InChI is InChI=1S/C47H48N10O5S2/c1-27(31-11-7-29(8-12-31)19-21-56-25-50-42(48)39-44(56)54-46(52-39)63-37-23-33(59-3)15-17-35(37)61-5)41(58)28(2)32-13-9-30(10-14-32)20-22-57-26-51-43(49)40-45(57)55-47(53-40)64-38-24-34(60-4)16-18-36(38)62-6/h7-18,23-28,48-49H,19-22H2,1-6H3,(H,52,54)(H,53,55). The molecular formula is C47H48N10O5S2.